The number of ether oxygens (including phenoxy) is 1. The first-order valence-electron chi connectivity index (χ1n) is 7.55. The second-order valence-electron chi connectivity index (χ2n) is 5.83. The molecule has 1 spiro atoms. The molecule has 0 aliphatic carbocycles. The quantitative estimate of drug-likeness (QED) is 0.877. The number of hydrogen-bond acceptors (Lipinski definition) is 5. The summed E-state index contributed by atoms with van der Waals surface area (Å²) in [4.78, 5) is 5.22. The number of hydrogen-bond donors (Lipinski definition) is 2. The Bertz CT molecular complexity index is 419. The van der Waals surface area contributed by atoms with Gasteiger partial charge in [-0.05, 0) is 25.0 Å². The molecule has 0 amide bonds. The Balaban J connectivity index is 1.50. The van der Waals surface area contributed by atoms with E-state index in [1.165, 1.54) is 9.75 Å². The largest absolute Gasteiger partial charge is 0.396 e. The first-order chi connectivity index (χ1) is 9.80. The average Bonchev–Trinajstić information content (AvgIpc) is 2.91. The van der Waals surface area contributed by atoms with Crippen molar-refractivity contribution in [3.8, 4) is 0 Å². The molecule has 2 aliphatic rings. The summed E-state index contributed by atoms with van der Waals surface area (Å²) in [5, 5.41) is 12.4. The highest BCUT2D eigenvalue weighted by Crippen LogP contribution is 2.29. The van der Waals surface area contributed by atoms with E-state index in [2.05, 4.69) is 22.3 Å². The molecule has 5 heteroatoms. The van der Waals surface area contributed by atoms with Crippen molar-refractivity contribution in [2.45, 2.75) is 31.4 Å². The average molecular weight is 296 g/mol. The smallest absolute Gasteiger partial charge is 0.0831 e. The van der Waals surface area contributed by atoms with Crippen molar-refractivity contribution in [1.29, 1.82) is 0 Å². The molecule has 0 saturated carbocycles. The van der Waals surface area contributed by atoms with E-state index in [-0.39, 0.29) is 12.2 Å². The number of rotatable bonds is 4. The van der Waals surface area contributed by atoms with Crippen LogP contribution < -0.4 is 5.32 Å². The van der Waals surface area contributed by atoms with E-state index >= 15 is 0 Å². The number of nitrogens with zero attached hydrogens (tertiary/aromatic N) is 1. The first kappa shape index (κ1) is 14.5. The number of aliphatic hydroxyl groups is 1. The van der Waals surface area contributed by atoms with E-state index in [0.717, 1.165) is 58.6 Å². The molecule has 20 heavy (non-hydrogen) atoms. The standard InChI is InChI=1S/C15H24N2O2S/c18-9-3-13-1-2-14(20-13)11-17-7-4-15(5-8-17)12-16-6-10-19-15/h1-2,16,18H,3-12H2. The Morgan fingerprint density at radius 2 is 2.10 bits per heavy atom. The van der Waals surface area contributed by atoms with Crippen molar-refractivity contribution in [1.82, 2.24) is 10.2 Å². The molecule has 0 radical (unpaired) electrons. The fourth-order valence-electron chi connectivity index (χ4n) is 3.12. The van der Waals surface area contributed by atoms with Gasteiger partial charge in [0.15, 0.2) is 0 Å². The molecule has 2 fully saturated rings. The summed E-state index contributed by atoms with van der Waals surface area (Å²) in [6.45, 7) is 6.39. The zero-order valence-electron chi connectivity index (χ0n) is 11.9. The number of likely N-dealkylation sites (tertiary alicyclic amines) is 1. The van der Waals surface area contributed by atoms with Crippen LogP contribution >= 0.6 is 11.3 Å². The Hall–Kier alpha value is -0.460. The second kappa shape index (κ2) is 6.54. The molecule has 4 nitrogen and oxygen atoms in total. The predicted octanol–water partition coefficient (Wildman–Crippen LogP) is 1.24. The van der Waals surface area contributed by atoms with Gasteiger partial charge in [-0.1, -0.05) is 0 Å². The lowest BCUT2D eigenvalue weighted by Gasteiger charge is -2.44. The summed E-state index contributed by atoms with van der Waals surface area (Å²) < 4.78 is 6.03. The van der Waals surface area contributed by atoms with Gasteiger partial charge in [0.2, 0.25) is 0 Å². The van der Waals surface area contributed by atoms with Crippen LogP contribution in [0.4, 0.5) is 0 Å². The summed E-state index contributed by atoms with van der Waals surface area (Å²) in [5.41, 5.74) is 0.103. The molecule has 2 saturated heterocycles. The Labute approximate surface area is 124 Å². The third kappa shape index (κ3) is 3.40. The molecule has 3 heterocycles. The maximum Gasteiger partial charge on any atom is 0.0831 e. The molecule has 3 rings (SSSR count). The third-order valence-electron chi connectivity index (χ3n) is 4.36. The fraction of sp³-hybridized carbons (Fsp3) is 0.733. The van der Waals surface area contributed by atoms with Gasteiger partial charge in [0.1, 0.15) is 0 Å². The van der Waals surface area contributed by atoms with Crippen LogP contribution in [0.2, 0.25) is 0 Å². The van der Waals surface area contributed by atoms with Gasteiger partial charge in [-0.2, -0.15) is 0 Å². The van der Waals surface area contributed by atoms with Crippen molar-refractivity contribution in [3.63, 3.8) is 0 Å². The summed E-state index contributed by atoms with van der Waals surface area (Å²) >= 11 is 1.83. The van der Waals surface area contributed by atoms with E-state index < -0.39 is 0 Å². The molecule has 2 aliphatic heterocycles. The van der Waals surface area contributed by atoms with Crippen molar-refractivity contribution in [2.24, 2.45) is 0 Å². The molecular formula is C15H24N2O2S. The highest BCUT2D eigenvalue weighted by Gasteiger charge is 2.36. The van der Waals surface area contributed by atoms with Gasteiger partial charge in [0.05, 0.1) is 12.2 Å². The molecular weight excluding hydrogens is 272 g/mol. The zero-order chi connectivity index (χ0) is 13.8. The van der Waals surface area contributed by atoms with E-state index in [4.69, 9.17) is 9.84 Å². The van der Waals surface area contributed by atoms with E-state index in [0.29, 0.717) is 0 Å². The lowest BCUT2D eigenvalue weighted by Crippen LogP contribution is -2.55. The number of aliphatic hydroxyl groups excluding tert-OH is 1. The molecule has 2 N–H and O–H groups in total. The maximum absolute atomic E-state index is 8.97. The molecule has 112 valence electrons. The second-order valence-corrected chi connectivity index (χ2v) is 7.08. The topological polar surface area (TPSA) is 44.7 Å². The monoisotopic (exact) mass is 296 g/mol. The molecule has 0 unspecified atom stereocenters. The van der Waals surface area contributed by atoms with Crippen molar-refractivity contribution in [2.75, 3.05) is 39.4 Å². The van der Waals surface area contributed by atoms with Crippen LogP contribution in [0.5, 0.6) is 0 Å². The van der Waals surface area contributed by atoms with Crippen LogP contribution in [0.1, 0.15) is 22.6 Å². The Morgan fingerprint density at radius 1 is 1.30 bits per heavy atom. The minimum atomic E-state index is 0.103. The summed E-state index contributed by atoms with van der Waals surface area (Å²) in [6.07, 6.45) is 3.05. The minimum Gasteiger partial charge on any atom is -0.396 e. The van der Waals surface area contributed by atoms with Crippen LogP contribution in [0.25, 0.3) is 0 Å². The van der Waals surface area contributed by atoms with Crippen molar-refractivity contribution < 1.29 is 9.84 Å². The first-order valence-corrected chi connectivity index (χ1v) is 8.37. The van der Waals surface area contributed by atoms with Crippen LogP contribution in [0.3, 0.4) is 0 Å². The number of piperidine rings is 1. The van der Waals surface area contributed by atoms with E-state index in [1.807, 2.05) is 11.3 Å². The van der Waals surface area contributed by atoms with Crippen molar-refractivity contribution in [3.05, 3.63) is 21.9 Å². The van der Waals surface area contributed by atoms with Gasteiger partial charge in [-0.15, -0.1) is 11.3 Å². The number of nitrogens with one attached hydrogen (secondary N) is 1. The summed E-state index contributed by atoms with van der Waals surface area (Å²) in [7, 11) is 0. The molecule has 0 atom stereocenters. The SMILES string of the molecule is OCCc1ccc(CN2CCC3(CC2)CNCCO3)s1. The van der Waals surface area contributed by atoms with Gasteiger partial charge in [0.25, 0.3) is 0 Å². The van der Waals surface area contributed by atoms with Crippen molar-refractivity contribution >= 4 is 11.3 Å². The van der Waals surface area contributed by atoms with Gasteiger partial charge < -0.3 is 15.2 Å². The Kier molecular flexibility index (Phi) is 4.73. The van der Waals surface area contributed by atoms with Gasteiger partial charge in [0, 0.05) is 55.5 Å². The van der Waals surface area contributed by atoms with Crippen LogP contribution in [-0.2, 0) is 17.7 Å². The zero-order valence-corrected chi connectivity index (χ0v) is 12.8. The Morgan fingerprint density at radius 3 is 2.80 bits per heavy atom. The lowest BCUT2D eigenvalue weighted by atomic mass is 9.90. The molecule has 1 aromatic heterocycles. The fourth-order valence-corrected chi connectivity index (χ4v) is 4.17. The van der Waals surface area contributed by atoms with Gasteiger partial charge in [-0.25, -0.2) is 0 Å². The number of morpholine rings is 1. The van der Waals surface area contributed by atoms with Crippen LogP contribution in [0, 0.1) is 0 Å². The third-order valence-corrected chi connectivity index (χ3v) is 5.49. The number of thiophene rings is 1. The highest BCUT2D eigenvalue weighted by atomic mass is 32.1. The van der Waals surface area contributed by atoms with Gasteiger partial charge >= 0.3 is 0 Å². The summed E-state index contributed by atoms with van der Waals surface area (Å²) in [5.74, 6) is 0. The summed E-state index contributed by atoms with van der Waals surface area (Å²) in [6, 6.07) is 4.36. The van der Waals surface area contributed by atoms with Crippen LogP contribution in [0.15, 0.2) is 12.1 Å². The minimum absolute atomic E-state index is 0.103. The lowest BCUT2D eigenvalue weighted by molar-refractivity contribution is -0.100. The highest BCUT2D eigenvalue weighted by molar-refractivity contribution is 7.11. The van der Waals surface area contributed by atoms with Gasteiger partial charge in [-0.3, -0.25) is 4.90 Å². The van der Waals surface area contributed by atoms with E-state index in [1.54, 1.807) is 0 Å². The van der Waals surface area contributed by atoms with Crippen LogP contribution in [-0.4, -0.2) is 55.0 Å². The van der Waals surface area contributed by atoms with E-state index in [9.17, 15) is 0 Å². The molecule has 0 aromatic carbocycles. The normalized spacial score (nSPS) is 23.2. The molecule has 0 bridgehead atoms. The maximum atomic E-state index is 8.97. The predicted molar refractivity (Wildman–Crippen MR) is 81.2 cm³/mol. The molecule has 1 aromatic rings.